The van der Waals surface area contributed by atoms with Gasteiger partial charge in [0.15, 0.2) is 0 Å². The molecule has 3 heteroatoms. The maximum Gasteiger partial charge on any atom is 0.220 e. The fraction of sp³-hybridized carbons (Fsp3) is 0.944. The molecule has 1 aliphatic heterocycles. The fourth-order valence-corrected chi connectivity index (χ4v) is 6.33. The number of amides is 1. The zero-order valence-corrected chi connectivity index (χ0v) is 13.4. The number of hydrogen-bond donors (Lipinski definition) is 2. The summed E-state index contributed by atoms with van der Waals surface area (Å²) in [6.45, 7) is 4.34. The summed E-state index contributed by atoms with van der Waals surface area (Å²) in [5.41, 5.74) is 0.384. The van der Waals surface area contributed by atoms with E-state index in [0.717, 1.165) is 43.7 Å². The molecule has 5 aliphatic rings. The van der Waals surface area contributed by atoms with E-state index in [1.165, 1.54) is 38.5 Å². The SMILES string of the molecule is CC1CNCCC1NC(=O)CC12CC3CC(CC(C3)C1)C2. The second-order valence-corrected chi connectivity index (χ2v) is 8.74. The smallest absolute Gasteiger partial charge is 0.220 e. The van der Waals surface area contributed by atoms with E-state index in [9.17, 15) is 4.79 Å². The Kier molecular flexibility index (Phi) is 3.52. The molecule has 4 saturated carbocycles. The summed E-state index contributed by atoms with van der Waals surface area (Å²) in [6.07, 6.45) is 10.3. The highest BCUT2D eigenvalue weighted by atomic mass is 16.1. The molecule has 118 valence electrons. The third kappa shape index (κ3) is 2.74. The fourth-order valence-electron chi connectivity index (χ4n) is 6.33. The Balaban J connectivity index is 1.38. The van der Waals surface area contributed by atoms with Gasteiger partial charge in [-0.05, 0) is 87.1 Å². The quantitative estimate of drug-likeness (QED) is 0.839. The molecule has 0 aromatic carbocycles. The molecule has 4 aliphatic carbocycles. The van der Waals surface area contributed by atoms with Crippen molar-refractivity contribution in [1.82, 2.24) is 10.6 Å². The molecule has 2 unspecified atom stereocenters. The van der Waals surface area contributed by atoms with Crippen LogP contribution in [0.1, 0.15) is 58.3 Å². The van der Waals surface area contributed by atoms with Crippen molar-refractivity contribution in [2.75, 3.05) is 13.1 Å². The van der Waals surface area contributed by atoms with Gasteiger partial charge in [-0.2, -0.15) is 0 Å². The summed E-state index contributed by atoms with van der Waals surface area (Å²) < 4.78 is 0. The number of rotatable bonds is 3. The Morgan fingerprint density at radius 1 is 1.14 bits per heavy atom. The first-order valence-corrected chi connectivity index (χ1v) is 9.12. The van der Waals surface area contributed by atoms with Crippen LogP contribution in [0.3, 0.4) is 0 Å². The van der Waals surface area contributed by atoms with E-state index in [-0.39, 0.29) is 0 Å². The average molecular weight is 290 g/mol. The van der Waals surface area contributed by atoms with Gasteiger partial charge in [0, 0.05) is 12.5 Å². The molecule has 21 heavy (non-hydrogen) atoms. The van der Waals surface area contributed by atoms with Gasteiger partial charge in [0.05, 0.1) is 0 Å². The summed E-state index contributed by atoms with van der Waals surface area (Å²) in [4.78, 5) is 12.6. The predicted octanol–water partition coefficient (Wildman–Crippen LogP) is 2.71. The molecule has 2 N–H and O–H groups in total. The van der Waals surface area contributed by atoms with E-state index < -0.39 is 0 Å². The van der Waals surface area contributed by atoms with Crippen LogP contribution in [0.5, 0.6) is 0 Å². The van der Waals surface area contributed by atoms with E-state index >= 15 is 0 Å². The van der Waals surface area contributed by atoms with Gasteiger partial charge in [-0.25, -0.2) is 0 Å². The molecule has 0 aromatic rings. The molecule has 1 heterocycles. The first-order valence-electron chi connectivity index (χ1n) is 9.12. The molecule has 2 atom stereocenters. The average Bonchev–Trinajstić information content (AvgIpc) is 2.39. The van der Waals surface area contributed by atoms with Gasteiger partial charge in [0.2, 0.25) is 5.91 Å². The largest absolute Gasteiger partial charge is 0.353 e. The maximum absolute atomic E-state index is 12.6. The van der Waals surface area contributed by atoms with Crippen molar-refractivity contribution in [3.63, 3.8) is 0 Å². The van der Waals surface area contributed by atoms with Gasteiger partial charge >= 0.3 is 0 Å². The Morgan fingerprint density at radius 2 is 1.76 bits per heavy atom. The Bertz CT molecular complexity index is 384. The van der Waals surface area contributed by atoms with Crippen molar-refractivity contribution in [2.45, 2.75) is 64.3 Å². The van der Waals surface area contributed by atoms with Gasteiger partial charge in [-0.15, -0.1) is 0 Å². The lowest BCUT2D eigenvalue weighted by Gasteiger charge is -2.56. The minimum absolute atomic E-state index is 0.343. The third-order valence-corrected chi connectivity index (χ3v) is 6.83. The van der Waals surface area contributed by atoms with Crippen LogP contribution in [0.25, 0.3) is 0 Å². The van der Waals surface area contributed by atoms with E-state index in [1.54, 1.807) is 0 Å². The Labute approximate surface area is 128 Å². The van der Waals surface area contributed by atoms with Crippen molar-refractivity contribution >= 4 is 5.91 Å². The highest BCUT2D eigenvalue weighted by Crippen LogP contribution is 2.61. The number of carbonyl (C=O) groups is 1. The summed E-state index contributed by atoms with van der Waals surface area (Å²) in [5.74, 6) is 3.75. The molecule has 1 amide bonds. The van der Waals surface area contributed by atoms with Crippen LogP contribution in [0.2, 0.25) is 0 Å². The van der Waals surface area contributed by atoms with E-state index in [0.29, 0.717) is 23.3 Å². The summed E-state index contributed by atoms with van der Waals surface area (Å²) in [5, 5.41) is 6.78. The van der Waals surface area contributed by atoms with Crippen LogP contribution >= 0.6 is 0 Å². The van der Waals surface area contributed by atoms with Crippen molar-refractivity contribution in [3.8, 4) is 0 Å². The Hall–Kier alpha value is -0.570. The molecular formula is C18H30N2O. The van der Waals surface area contributed by atoms with Crippen molar-refractivity contribution in [3.05, 3.63) is 0 Å². The molecule has 4 bridgehead atoms. The van der Waals surface area contributed by atoms with Gasteiger partial charge in [-0.1, -0.05) is 6.92 Å². The number of piperidine rings is 1. The van der Waals surface area contributed by atoms with Crippen molar-refractivity contribution < 1.29 is 4.79 Å². The van der Waals surface area contributed by atoms with Crippen molar-refractivity contribution in [2.24, 2.45) is 29.1 Å². The van der Waals surface area contributed by atoms with E-state index in [1.807, 2.05) is 0 Å². The number of hydrogen-bond acceptors (Lipinski definition) is 2. The number of carbonyl (C=O) groups excluding carboxylic acids is 1. The van der Waals surface area contributed by atoms with Crippen LogP contribution in [-0.4, -0.2) is 25.0 Å². The molecule has 0 aromatic heterocycles. The monoisotopic (exact) mass is 290 g/mol. The van der Waals surface area contributed by atoms with Crippen LogP contribution in [0.15, 0.2) is 0 Å². The second-order valence-electron chi connectivity index (χ2n) is 8.74. The Morgan fingerprint density at radius 3 is 2.33 bits per heavy atom. The van der Waals surface area contributed by atoms with Crippen LogP contribution in [-0.2, 0) is 4.79 Å². The lowest BCUT2D eigenvalue weighted by Crippen LogP contribution is -2.51. The maximum atomic E-state index is 12.6. The van der Waals surface area contributed by atoms with Crippen LogP contribution < -0.4 is 10.6 Å². The van der Waals surface area contributed by atoms with Crippen LogP contribution in [0.4, 0.5) is 0 Å². The number of nitrogens with one attached hydrogen (secondary N) is 2. The molecule has 5 rings (SSSR count). The van der Waals surface area contributed by atoms with E-state index in [4.69, 9.17) is 0 Å². The third-order valence-electron chi connectivity index (χ3n) is 6.83. The predicted molar refractivity (Wildman–Crippen MR) is 83.8 cm³/mol. The second kappa shape index (κ2) is 5.26. The van der Waals surface area contributed by atoms with Gasteiger partial charge in [0.25, 0.3) is 0 Å². The molecule has 1 saturated heterocycles. The standard InChI is InChI=1S/C18H30N2O/c1-12-11-19-3-2-16(12)20-17(21)10-18-7-13-4-14(8-18)6-15(5-13)9-18/h12-16,19H,2-11H2,1H3,(H,20,21). The highest BCUT2D eigenvalue weighted by Gasteiger charge is 2.51. The lowest BCUT2D eigenvalue weighted by molar-refractivity contribution is -0.130. The zero-order chi connectivity index (χ0) is 14.4. The lowest BCUT2D eigenvalue weighted by atomic mass is 9.49. The van der Waals surface area contributed by atoms with Crippen LogP contribution in [0, 0.1) is 29.1 Å². The summed E-state index contributed by atoms with van der Waals surface area (Å²) >= 11 is 0. The van der Waals surface area contributed by atoms with E-state index in [2.05, 4.69) is 17.6 Å². The highest BCUT2D eigenvalue weighted by molar-refractivity contribution is 5.77. The van der Waals surface area contributed by atoms with Gasteiger partial charge < -0.3 is 10.6 Å². The normalized spacial score (nSPS) is 48.3. The molecule has 3 nitrogen and oxygen atoms in total. The minimum Gasteiger partial charge on any atom is -0.353 e. The summed E-state index contributed by atoms with van der Waals surface area (Å²) in [7, 11) is 0. The first kappa shape index (κ1) is 14.0. The minimum atomic E-state index is 0.343. The molecule has 5 fully saturated rings. The topological polar surface area (TPSA) is 41.1 Å². The zero-order valence-electron chi connectivity index (χ0n) is 13.4. The van der Waals surface area contributed by atoms with Gasteiger partial charge in [0.1, 0.15) is 0 Å². The molecule has 0 spiro atoms. The first-order chi connectivity index (χ1) is 10.1. The molecular weight excluding hydrogens is 260 g/mol. The van der Waals surface area contributed by atoms with Crippen molar-refractivity contribution in [1.29, 1.82) is 0 Å². The molecule has 0 radical (unpaired) electrons. The van der Waals surface area contributed by atoms with Gasteiger partial charge in [-0.3, -0.25) is 4.79 Å². The summed E-state index contributed by atoms with van der Waals surface area (Å²) in [6, 6.07) is 0.396.